The van der Waals surface area contributed by atoms with Crippen LogP contribution in [-0.4, -0.2) is 85.0 Å². The summed E-state index contributed by atoms with van der Waals surface area (Å²) in [4.78, 5) is 19.1. The number of hydrogen-bond donors (Lipinski definition) is 0. The van der Waals surface area contributed by atoms with Crippen LogP contribution in [0.3, 0.4) is 0 Å². The Hall–Kier alpha value is -5.08. The van der Waals surface area contributed by atoms with E-state index in [1.165, 1.54) is 4.80 Å². The molecule has 3 atom stereocenters. The summed E-state index contributed by atoms with van der Waals surface area (Å²) in [6.45, 7) is 8.53. The van der Waals surface area contributed by atoms with Gasteiger partial charge in [0, 0.05) is 43.8 Å². The van der Waals surface area contributed by atoms with Gasteiger partial charge >= 0.3 is 5.69 Å². The SMILES string of the molecule is CCC(C)n1ncn(-c2ccc(N3CCN(c4ccc(OC[C@@H]5CO[C@@](Cn6nccn6)(c6cccnn6)O5)cc4)CC3)cc2)c1=O. The van der Waals surface area contributed by atoms with Gasteiger partial charge in [-0.25, -0.2) is 14.0 Å². The third kappa shape index (κ3) is 6.46. The number of benzene rings is 2. The monoisotopic (exact) mass is 638 g/mol. The molecule has 2 aliphatic heterocycles. The largest absolute Gasteiger partial charge is 0.491 e. The Kier molecular flexibility index (Phi) is 8.68. The van der Waals surface area contributed by atoms with Gasteiger partial charge in [0.1, 0.15) is 37.0 Å². The summed E-state index contributed by atoms with van der Waals surface area (Å²) in [6, 6.07) is 20.0. The molecule has 0 amide bonds. The highest BCUT2D eigenvalue weighted by Crippen LogP contribution is 2.35. The summed E-state index contributed by atoms with van der Waals surface area (Å²) < 4.78 is 21.8. The van der Waals surface area contributed by atoms with E-state index in [-0.39, 0.29) is 24.4 Å². The molecule has 0 spiro atoms. The molecule has 3 aromatic heterocycles. The second-order valence-electron chi connectivity index (χ2n) is 11.8. The molecule has 14 heteroatoms. The molecule has 5 heterocycles. The highest BCUT2D eigenvalue weighted by molar-refractivity contribution is 5.54. The Labute approximate surface area is 272 Å². The van der Waals surface area contributed by atoms with E-state index < -0.39 is 5.79 Å². The van der Waals surface area contributed by atoms with Crippen LogP contribution in [0.15, 0.2) is 90.4 Å². The van der Waals surface area contributed by atoms with Gasteiger partial charge in [0.2, 0.25) is 5.79 Å². The Morgan fingerprint density at radius 3 is 2.19 bits per heavy atom. The van der Waals surface area contributed by atoms with Crippen LogP contribution < -0.4 is 20.2 Å². The zero-order valence-electron chi connectivity index (χ0n) is 26.5. The fourth-order valence-corrected chi connectivity index (χ4v) is 5.92. The van der Waals surface area contributed by atoms with Crippen LogP contribution in [0.1, 0.15) is 32.0 Å². The van der Waals surface area contributed by atoms with Crippen LogP contribution in [0.5, 0.6) is 5.75 Å². The number of nitrogens with zero attached hydrogens (tertiary/aromatic N) is 10. The van der Waals surface area contributed by atoms with E-state index >= 15 is 0 Å². The minimum atomic E-state index is -1.15. The lowest BCUT2D eigenvalue weighted by atomic mass is 10.2. The maximum atomic E-state index is 12.8. The lowest BCUT2D eigenvalue weighted by Crippen LogP contribution is -2.46. The van der Waals surface area contributed by atoms with E-state index in [1.807, 2.05) is 44.2 Å². The Balaban J connectivity index is 0.913. The average molecular weight is 639 g/mol. The van der Waals surface area contributed by atoms with Crippen LogP contribution in [0.4, 0.5) is 11.4 Å². The summed E-state index contributed by atoms with van der Waals surface area (Å²) in [5.41, 5.74) is 3.55. The molecular weight excluding hydrogens is 600 g/mol. The van der Waals surface area contributed by atoms with Gasteiger partial charge in [-0.15, -0.1) is 5.10 Å². The van der Waals surface area contributed by atoms with Gasteiger partial charge < -0.3 is 24.0 Å². The summed E-state index contributed by atoms with van der Waals surface area (Å²) >= 11 is 0. The van der Waals surface area contributed by atoms with Crippen molar-refractivity contribution in [3.63, 3.8) is 0 Å². The van der Waals surface area contributed by atoms with E-state index in [0.29, 0.717) is 18.9 Å². The van der Waals surface area contributed by atoms with Gasteiger partial charge in [-0.2, -0.15) is 25.2 Å². The Morgan fingerprint density at radius 2 is 1.55 bits per heavy atom. The normalized spacial score (nSPS) is 20.4. The predicted molar refractivity (Wildman–Crippen MR) is 174 cm³/mol. The number of rotatable bonds is 11. The molecular formula is C33H38N10O4. The smallest absolute Gasteiger partial charge is 0.350 e. The van der Waals surface area contributed by atoms with Gasteiger partial charge in [-0.3, -0.25) is 0 Å². The number of piperazine rings is 1. The molecule has 0 radical (unpaired) electrons. The quantitative estimate of drug-likeness (QED) is 0.212. The molecule has 2 saturated heterocycles. The fraction of sp³-hybridized carbons (Fsp3) is 0.394. The van der Waals surface area contributed by atoms with E-state index in [1.54, 1.807) is 40.2 Å². The molecule has 0 bridgehead atoms. The van der Waals surface area contributed by atoms with E-state index in [0.717, 1.165) is 55.4 Å². The highest BCUT2D eigenvalue weighted by Gasteiger charge is 2.46. The third-order valence-corrected chi connectivity index (χ3v) is 8.75. The first-order valence-electron chi connectivity index (χ1n) is 15.9. The Bertz CT molecular complexity index is 1790. The summed E-state index contributed by atoms with van der Waals surface area (Å²) in [6.07, 6.45) is 6.98. The molecule has 0 N–H and O–H groups in total. The van der Waals surface area contributed by atoms with Crippen LogP contribution in [-0.2, 0) is 21.8 Å². The van der Waals surface area contributed by atoms with Crippen molar-refractivity contribution in [3.8, 4) is 11.4 Å². The number of anilines is 2. The van der Waals surface area contributed by atoms with Gasteiger partial charge in [0.25, 0.3) is 0 Å². The first kappa shape index (κ1) is 30.6. The lowest BCUT2D eigenvalue weighted by Gasteiger charge is -2.37. The summed E-state index contributed by atoms with van der Waals surface area (Å²) in [5, 5.41) is 20.9. The maximum absolute atomic E-state index is 12.8. The van der Waals surface area contributed by atoms with Gasteiger partial charge in [0.05, 0.1) is 30.7 Å². The van der Waals surface area contributed by atoms with Crippen molar-refractivity contribution >= 4 is 11.4 Å². The first-order valence-corrected chi connectivity index (χ1v) is 15.9. The zero-order chi connectivity index (χ0) is 32.2. The summed E-state index contributed by atoms with van der Waals surface area (Å²) in [5.74, 6) is -0.387. The molecule has 244 valence electrons. The third-order valence-electron chi connectivity index (χ3n) is 8.75. The van der Waals surface area contributed by atoms with Gasteiger partial charge in [-0.05, 0) is 74.0 Å². The molecule has 1 unspecified atom stereocenters. The zero-order valence-corrected chi connectivity index (χ0v) is 26.5. The fourth-order valence-electron chi connectivity index (χ4n) is 5.92. The number of ether oxygens (including phenoxy) is 3. The van der Waals surface area contributed by atoms with Crippen molar-refractivity contribution < 1.29 is 14.2 Å². The molecule has 2 aliphatic rings. The average Bonchev–Trinajstić information content (AvgIpc) is 3.89. The molecule has 7 rings (SSSR count). The Morgan fingerprint density at radius 1 is 0.894 bits per heavy atom. The number of aromatic nitrogens is 8. The molecule has 47 heavy (non-hydrogen) atoms. The second kappa shape index (κ2) is 13.3. The second-order valence-corrected chi connectivity index (χ2v) is 11.8. The first-order chi connectivity index (χ1) is 23.0. The van der Waals surface area contributed by atoms with Crippen molar-refractivity contribution in [2.75, 3.05) is 49.2 Å². The van der Waals surface area contributed by atoms with Crippen LogP contribution in [0, 0.1) is 0 Å². The van der Waals surface area contributed by atoms with Crippen molar-refractivity contribution in [1.82, 2.24) is 39.5 Å². The van der Waals surface area contributed by atoms with Crippen molar-refractivity contribution in [2.45, 2.75) is 44.7 Å². The van der Waals surface area contributed by atoms with Crippen molar-refractivity contribution in [2.24, 2.45) is 0 Å². The van der Waals surface area contributed by atoms with E-state index in [2.05, 4.69) is 59.6 Å². The van der Waals surface area contributed by atoms with Crippen molar-refractivity contribution in [3.05, 3.63) is 102 Å². The highest BCUT2D eigenvalue weighted by atomic mass is 16.8. The van der Waals surface area contributed by atoms with Crippen molar-refractivity contribution in [1.29, 1.82) is 0 Å². The molecule has 0 saturated carbocycles. The van der Waals surface area contributed by atoms with Gasteiger partial charge in [-0.1, -0.05) is 6.92 Å². The maximum Gasteiger partial charge on any atom is 0.350 e. The molecule has 0 aliphatic carbocycles. The van der Waals surface area contributed by atoms with Crippen LogP contribution in [0.2, 0.25) is 0 Å². The standard InChI is InChI=1S/C33H38N10O4/c1-3-25(2)43-32(44)41(24-37-43)28-8-6-26(7-9-28)39-17-19-40(20-18-39)27-10-12-29(13-11-27)45-21-30-22-46-33(47-30,23-42-35-15-16-36-42)31-5-4-14-34-38-31/h4-16,24-25,30H,3,17-23H2,1-2H3/t25?,30-,33-/m1/s1. The lowest BCUT2D eigenvalue weighted by molar-refractivity contribution is -0.195. The molecule has 2 fully saturated rings. The van der Waals surface area contributed by atoms with Gasteiger partial charge in [0.15, 0.2) is 0 Å². The molecule has 2 aromatic carbocycles. The predicted octanol–water partition coefficient (Wildman–Crippen LogP) is 3.06. The van der Waals surface area contributed by atoms with Crippen LogP contribution >= 0.6 is 0 Å². The molecule has 14 nitrogen and oxygen atoms in total. The van der Waals surface area contributed by atoms with E-state index in [9.17, 15) is 4.79 Å². The molecule has 5 aromatic rings. The minimum Gasteiger partial charge on any atom is -0.491 e. The topological polar surface area (TPSA) is 130 Å². The summed E-state index contributed by atoms with van der Waals surface area (Å²) in [7, 11) is 0. The number of hydrogen-bond acceptors (Lipinski definition) is 11. The van der Waals surface area contributed by atoms with Crippen LogP contribution in [0.25, 0.3) is 5.69 Å². The van der Waals surface area contributed by atoms with E-state index in [4.69, 9.17) is 14.2 Å². The minimum absolute atomic E-state index is 0.0685.